The highest BCUT2D eigenvalue weighted by atomic mass is 35.5. The molecule has 1 aromatic carbocycles. The predicted molar refractivity (Wildman–Crippen MR) is 92.6 cm³/mol. The molecule has 0 spiro atoms. The molecule has 7 heteroatoms. The van der Waals surface area contributed by atoms with Crippen molar-refractivity contribution in [2.45, 2.75) is 13.0 Å². The number of methoxy groups -OCH3 is 1. The number of aromatic hydroxyl groups is 1. The van der Waals surface area contributed by atoms with Gasteiger partial charge in [0.2, 0.25) is 0 Å². The first-order valence-corrected chi connectivity index (χ1v) is 7.73. The molecule has 1 unspecified atom stereocenters. The van der Waals surface area contributed by atoms with Crippen molar-refractivity contribution in [3.05, 3.63) is 52.7 Å². The number of carbonyl (C=O) groups is 1. The van der Waals surface area contributed by atoms with Crippen LogP contribution in [0.2, 0.25) is 10.0 Å². The number of rotatable bonds is 5. The fourth-order valence-corrected chi connectivity index (χ4v) is 2.40. The van der Waals surface area contributed by atoms with Crippen molar-refractivity contribution in [3.63, 3.8) is 0 Å². The van der Waals surface area contributed by atoms with Gasteiger partial charge in [-0.25, -0.2) is 4.79 Å². The van der Waals surface area contributed by atoms with Gasteiger partial charge in [-0.1, -0.05) is 23.2 Å². The van der Waals surface area contributed by atoms with Crippen molar-refractivity contribution in [3.8, 4) is 22.8 Å². The first-order chi connectivity index (χ1) is 11.4. The summed E-state index contributed by atoms with van der Waals surface area (Å²) in [7, 11) is 1.29. The average molecular weight is 368 g/mol. The topological polar surface area (TPSA) is 68.7 Å². The zero-order valence-electron chi connectivity index (χ0n) is 13.0. The molecule has 2 aromatic rings. The number of aromatic nitrogens is 1. The number of carbonyl (C=O) groups excluding carboxylic acids is 1. The quantitative estimate of drug-likeness (QED) is 0.631. The molecule has 24 heavy (non-hydrogen) atoms. The summed E-state index contributed by atoms with van der Waals surface area (Å²) in [6.07, 6.45) is 3.83. The third-order valence-corrected chi connectivity index (χ3v) is 3.55. The van der Waals surface area contributed by atoms with Gasteiger partial charge in [-0.3, -0.25) is 4.98 Å². The van der Waals surface area contributed by atoms with E-state index in [4.69, 9.17) is 27.9 Å². The van der Waals surface area contributed by atoms with Crippen LogP contribution in [0.1, 0.15) is 6.92 Å². The molecule has 0 aliphatic carbocycles. The van der Waals surface area contributed by atoms with Crippen LogP contribution in [0, 0.1) is 0 Å². The van der Waals surface area contributed by atoms with Crippen molar-refractivity contribution in [1.82, 2.24) is 4.98 Å². The first kappa shape index (κ1) is 18.1. The molecule has 1 aromatic heterocycles. The Hall–Kier alpha value is -2.24. The predicted octanol–water partition coefficient (Wildman–Crippen LogP) is 4.26. The van der Waals surface area contributed by atoms with Gasteiger partial charge < -0.3 is 14.6 Å². The minimum atomic E-state index is -0.478. The summed E-state index contributed by atoms with van der Waals surface area (Å²) in [6.45, 7) is 1.73. The molecule has 0 radical (unpaired) electrons. The van der Waals surface area contributed by atoms with Gasteiger partial charge in [0.25, 0.3) is 0 Å². The van der Waals surface area contributed by atoms with Crippen molar-refractivity contribution in [2.75, 3.05) is 7.11 Å². The lowest BCUT2D eigenvalue weighted by atomic mass is 10.1. The van der Waals surface area contributed by atoms with E-state index in [0.29, 0.717) is 21.3 Å². The Labute approximate surface area is 149 Å². The zero-order chi connectivity index (χ0) is 17.7. The lowest BCUT2D eigenvalue weighted by molar-refractivity contribution is -0.134. The Morgan fingerprint density at radius 1 is 1.33 bits per heavy atom. The monoisotopic (exact) mass is 367 g/mol. The Morgan fingerprint density at radius 2 is 2.08 bits per heavy atom. The van der Waals surface area contributed by atoms with E-state index in [1.807, 2.05) is 0 Å². The molecule has 1 N–H and O–H groups in total. The minimum absolute atomic E-state index is 0.0707. The molecular formula is C17H15Cl2NO4. The van der Waals surface area contributed by atoms with Gasteiger partial charge in [-0.15, -0.1) is 0 Å². The lowest BCUT2D eigenvalue weighted by Crippen LogP contribution is -2.09. The largest absolute Gasteiger partial charge is 0.504 e. The van der Waals surface area contributed by atoms with E-state index < -0.39 is 12.1 Å². The highest BCUT2D eigenvalue weighted by Crippen LogP contribution is 2.34. The molecule has 0 amide bonds. The van der Waals surface area contributed by atoms with Crippen LogP contribution in [-0.2, 0) is 9.53 Å². The minimum Gasteiger partial charge on any atom is -0.504 e. The molecule has 0 aliphatic rings. The van der Waals surface area contributed by atoms with Crippen molar-refractivity contribution in [2.24, 2.45) is 0 Å². The van der Waals surface area contributed by atoms with Crippen molar-refractivity contribution >= 4 is 29.2 Å². The van der Waals surface area contributed by atoms with Crippen LogP contribution >= 0.6 is 23.2 Å². The van der Waals surface area contributed by atoms with Crippen molar-refractivity contribution in [1.29, 1.82) is 0 Å². The van der Waals surface area contributed by atoms with Gasteiger partial charge in [0, 0.05) is 17.8 Å². The van der Waals surface area contributed by atoms with E-state index in [-0.39, 0.29) is 11.5 Å². The zero-order valence-corrected chi connectivity index (χ0v) is 14.5. The smallest absolute Gasteiger partial charge is 0.330 e. The number of benzene rings is 1. The molecule has 126 valence electrons. The van der Waals surface area contributed by atoms with Gasteiger partial charge in [0.05, 0.1) is 22.8 Å². The fraction of sp³-hybridized carbons (Fsp3) is 0.176. The van der Waals surface area contributed by atoms with Crippen LogP contribution in [0.3, 0.4) is 0 Å². The molecule has 0 bridgehead atoms. The van der Waals surface area contributed by atoms with Gasteiger partial charge in [-0.2, -0.15) is 0 Å². The number of ether oxygens (including phenoxy) is 2. The molecule has 1 heterocycles. The van der Waals surface area contributed by atoms with E-state index >= 15 is 0 Å². The Kier molecular flexibility index (Phi) is 6.06. The molecule has 2 rings (SSSR count). The highest BCUT2D eigenvalue weighted by molar-refractivity contribution is 6.36. The number of halogens is 2. The van der Waals surface area contributed by atoms with E-state index in [1.54, 1.807) is 25.1 Å². The molecular weight excluding hydrogens is 353 g/mol. The molecule has 0 saturated heterocycles. The van der Waals surface area contributed by atoms with Crippen LogP contribution in [0.25, 0.3) is 11.3 Å². The van der Waals surface area contributed by atoms with Gasteiger partial charge in [0.15, 0.2) is 11.5 Å². The second-order valence-electron chi connectivity index (χ2n) is 4.87. The van der Waals surface area contributed by atoms with Crippen LogP contribution in [-0.4, -0.2) is 29.3 Å². The van der Waals surface area contributed by atoms with Crippen LogP contribution < -0.4 is 4.74 Å². The second-order valence-corrected chi connectivity index (χ2v) is 5.72. The standard InChI is InChI=1S/C17H15Cl2NO4/c1-10(3-6-16(22)23-2)24-15-5-4-11(7-14(15)21)17-13(19)8-12(18)9-20-17/h3-10,21H,1-2H3. The normalized spacial score (nSPS) is 12.2. The number of esters is 1. The van der Waals surface area contributed by atoms with E-state index in [2.05, 4.69) is 9.72 Å². The molecule has 5 nitrogen and oxygen atoms in total. The summed E-state index contributed by atoms with van der Waals surface area (Å²) in [4.78, 5) is 15.2. The summed E-state index contributed by atoms with van der Waals surface area (Å²) in [5.74, 6) is -0.280. The highest BCUT2D eigenvalue weighted by Gasteiger charge is 2.11. The molecule has 1 atom stereocenters. The number of hydrogen-bond acceptors (Lipinski definition) is 5. The summed E-state index contributed by atoms with van der Waals surface area (Å²) >= 11 is 11.9. The Balaban J connectivity index is 2.18. The molecule has 0 saturated carbocycles. The van der Waals surface area contributed by atoms with Gasteiger partial charge >= 0.3 is 5.97 Å². The van der Waals surface area contributed by atoms with Crippen molar-refractivity contribution < 1.29 is 19.4 Å². The lowest BCUT2D eigenvalue weighted by Gasteiger charge is -2.13. The van der Waals surface area contributed by atoms with Crippen LogP contribution in [0.15, 0.2) is 42.6 Å². The number of phenols is 1. The fourth-order valence-electron chi connectivity index (χ4n) is 1.91. The number of phenolic OH excluding ortho intramolecular Hbond substituents is 1. The molecule has 0 aliphatic heterocycles. The van der Waals surface area contributed by atoms with E-state index in [9.17, 15) is 9.90 Å². The van der Waals surface area contributed by atoms with Crippen LogP contribution in [0.5, 0.6) is 11.5 Å². The summed E-state index contributed by atoms with van der Waals surface area (Å²) < 4.78 is 10.1. The van der Waals surface area contributed by atoms with Crippen LogP contribution in [0.4, 0.5) is 0 Å². The Bertz CT molecular complexity index is 777. The summed E-state index contributed by atoms with van der Waals surface area (Å²) in [6, 6.07) is 6.38. The maximum absolute atomic E-state index is 11.1. The van der Waals surface area contributed by atoms with E-state index in [1.165, 1.54) is 31.5 Å². The number of nitrogens with zero attached hydrogens (tertiary/aromatic N) is 1. The number of pyridine rings is 1. The second kappa shape index (κ2) is 8.04. The third kappa shape index (κ3) is 4.63. The third-order valence-electron chi connectivity index (χ3n) is 3.06. The molecule has 0 fully saturated rings. The maximum Gasteiger partial charge on any atom is 0.330 e. The summed E-state index contributed by atoms with van der Waals surface area (Å²) in [5.41, 5.74) is 1.13. The Morgan fingerprint density at radius 3 is 2.71 bits per heavy atom. The summed E-state index contributed by atoms with van der Waals surface area (Å²) in [5, 5.41) is 10.9. The number of hydrogen-bond donors (Lipinski definition) is 1. The van der Waals surface area contributed by atoms with Gasteiger partial charge in [-0.05, 0) is 37.3 Å². The first-order valence-electron chi connectivity index (χ1n) is 6.98. The van der Waals surface area contributed by atoms with Gasteiger partial charge in [0.1, 0.15) is 6.10 Å². The van der Waals surface area contributed by atoms with E-state index in [0.717, 1.165) is 0 Å². The SMILES string of the molecule is COC(=O)C=CC(C)Oc1ccc(-c2ncc(Cl)cc2Cl)cc1O. The average Bonchev–Trinajstić information content (AvgIpc) is 2.54. The maximum atomic E-state index is 11.1.